The van der Waals surface area contributed by atoms with E-state index in [1.54, 1.807) is 12.1 Å². The van der Waals surface area contributed by atoms with Crippen molar-refractivity contribution in [3.8, 4) is 5.75 Å². The van der Waals surface area contributed by atoms with Crippen LogP contribution in [0.4, 0.5) is 0 Å². The summed E-state index contributed by atoms with van der Waals surface area (Å²) in [5, 5.41) is 9.03. The molecular formula is C15H19BrO3. The quantitative estimate of drug-likeness (QED) is 0.889. The summed E-state index contributed by atoms with van der Waals surface area (Å²) in [4.78, 5) is 11.0. The van der Waals surface area contributed by atoms with Crippen LogP contribution < -0.4 is 4.74 Å². The SMILES string of the molecule is CC1(C)CCC(Oc2cc(Br)cc(C(=O)O)c2)CC1. The van der Waals surface area contributed by atoms with E-state index in [-0.39, 0.29) is 11.7 Å². The van der Waals surface area contributed by atoms with Crippen molar-refractivity contribution in [2.45, 2.75) is 45.6 Å². The monoisotopic (exact) mass is 326 g/mol. The van der Waals surface area contributed by atoms with Crippen LogP contribution in [-0.4, -0.2) is 17.2 Å². The normalized spacial score (nSPS) is 19.1. The van der Waals surface area contributed by atoms with Gasteiger partial charge in [0.15, 0.2) is 0 Å². The number of halogens is 1. The standard InChI is InChI=1S/C15H19BrO3/c1-15(2)5-3-12(4-6-15)19-13-8-10(14(17)18)7-11(16)9-13/h7-9,12H,3-6H2,1-2H3,(H,17,18). The molecule has 0 unspecified atom stereocenters. The predicted octanol–water partition coefficient (Wildman–Crippen LogP) is 4.49. The minimum absolute atomic E-state index is 0.198. The van der Waals surface area contributed by atoms with Crippen molar-refractivity contribution in [1.29, 1.82) is 0 Å². The van der Waals surface area contributed by atoms with Gasteiger partial charge in [-0.15, -0.1) is 0 Å². The van der Waals surface area contributed by atoms with E-state index in [0.717, 1.165) is 30.2 Å². The molecular weight excluding hydrogens is 308 g/mol. The lowest BCUT2D eigenvalue weighted by atomic mass is 9.76. The van der Waals surface area contributed by atoms with Gasteiger partial charge in [0.1, 0.15) is 5.75 Å². The Labute approximate surface area is 122 Å². The number of aromatic carboxylic acids is 1. The number of hydrogen-bond acceptors (Lipinski definition) is 2. The van der Waals surface area contributed by atoms with Crippen LogP contribution in [-0.2, 0) is 0 Å². The molecule has 1 aliphatic carbocycles. The number of ether oxygens (including phenoxy) is 1. The summed E-state index contributed by atoms with van der Waals surface area (Å²) in [6.45, 7) is 4.57. The van der Waals surface area contributed by atoms with E-state index in [1.807, 2.05) is 6.07 Å². The topological polar surface area (TPSA) is 46.5 Å². The van der Waals surface area contributed by atoms with Gasteiger partial charge in [0.2, 0.25) is 0 Å². The van der Waals surface area contributed by atoms with E-state index in [4.69, 9.17) is 9.84 Å². The third kappa shape index (κ3) is 3.96. The molecule has 0 aliphatic heterocycles. The number of rotatable bonds is 3. The average molecular weight is 327 g/mol. The summed E-state index contributed by atoms with van der Waals surface area (Å²) < 4.78 is 6.66. The Kier molecular flexibility index (Phi) is 4.19. The molecule has 0 amide bonds. The second-order valence-corrected chi connectivity index (χ2v) is 6.88. The fourth-order valence-corrected chi connectivity index (χ4v) is 2.91. The minimum Gasteiger partial charge on any atom is -0.490 e. The lowest BCUT2D eigenvalue weighted by molar-refractivity contribution is 0.0694. The molecule has 104 valence electrons. The molecule has 1 saturated carbocycles. The number of hydrogen-bond donors (Lipinski definition) is 1. The maximum absolute atomic E-state index is 11.0. The van der Waals surface area contributed by atoms with Gasteiger partial charge >= 0.3 is 5.97 Å². The van der Waals surface area contributed by atoms with Gasteiger partial charge in [-0.3, -0.25) is 0 Å². The second-order valence-electron chi connectivity index (χ2n) is 5.96. The van der Waals surface area contributed by atoms with Crippen LogP contribution in [0, 0.1) is 5.41 Å². The molecule has 1 fully saturated rings. The third-order valence-electron chi connectivity index (χ3n) is 3.71. The first-order chi connectivity index (χ1) is 8.85. The number of carboxylic acid groups (broad SMARTS) is 1. The second kappa shape index (κ2) is 5.53. The van der Waals surface area contributed by atoms with Crippen LogP contribution in [0.5, 0.6) is 5.75 Å². The molecule has 0 heterocycles. The first-order valence-electron chi connectivity index (χ1n) is 6.56. The molecule has 1 aliphatic rings. The Balaban J connectivity index is 2.05. The number of benzene rings is 1. The summed E-state index contributed by atoms with van der Waals surface area (Å²) in [5.74, 6) is -0.299. The molecule has 1 aromatic rings. The zero-order valence-corrected chi connectivity index (χ0v) is 12.9. The Bertz CT molecular complexity index is 472. The van der Waals surface area contributed by atoms with E-state index in [2.05, 4.69) is 29.8 Å². The van der Waals surface area contributed by atoms with Gasteiger partial charge < -0.3 is 9.84 Å². The zero-order valence-electron chi connectivity index (χ0n) is 11.3. The Morgan fingerprint density at radius 3 is 2.53 bits per heavy atom. The van der Waals surface area contributed by atoms with Crippen LogP contribution in [0.15, 0.2) is 22.7 Å². The molecule has 19 heavy (non-hydrogen) atoms. The zero-order chi connectivity index (χ0) is 14.0. The van der Waals surface area contributed by atoms with Crippen LogP contribution >= 0.6 is 15.9 Å². The first-order valence-corrected chi connectivity index (χ1v) is 7.36. The van der Waals surface area contributed by atoms with E-state index in [1.165, 1.54) is 0 Å². The van der Waals surface area contributed by atoms with Crippen molar-refractivity contribution < 1.29 is 14.6 Å². The van der Waals surface area contributed by atoms with Crippen molar-refractivity contribution >= 4 is 21.9 Å². The highest BCUT2D eigenvalue weighted by Crippen LogP contribution is 2.37. The fourth-order valence-electron chi connectivity index (χ4n) is 2.44. The number of carboxylic acids is 1. The molecule has 0 aromatic heterocycles. The highest BCUT2D eigenvalue weighted by atomic mass is 79.9. The van der Waals surface area contributed by atoms with Crippen molar-refractivity contribution in [1.82, 2.24) is 0 Å². The summed E-state index contributed by atoms with van der Waals surface area (Å²) in [5.41, 5.74) is 0.657. The summed E-state index contributed by atoms with van der Waals surface area (Å²) in [6, 6.07) is 5.00. The molecule has 0 bridgehead atoms. The van der Waals surface area contributed by atoms with Gasteiger partial charge in [-0.2, -0.15) is 0 Å². The maximum Gasteiger partial charge on any atom is 0.335 e. The summed E-state index contributed by atoms with van der Waals surface area (Å²) >= 11 is 3.32. The van der Waals surface area contributed by atoms with Crippen LogP contribution in [0.25, 0.3) is 0 Å². The predicted molar refractivity (Wildman–Crippen MR) is 77.8 cm³/mol. The van der Waals surface area contributed by atoms with Gasteiger partial charge in [-0.1, -0.05) is 29.8 Å². The Hall–Kier alpha value is -1.03. The van der Waals surface area contributed by atoms with Crippen LogP contribution in [0.1, 0.15) is 49.9 Å². The molecule has 1 N–H and O–H groups in total. The van der Waals surface area contributed by atoms with Crippen molar-refractivity contribution in [2.75, 3.05) is 0 Å². The van der Waals surface area contributed by atoms with Gasteiger partial charge in [0.05, 0.1) is 11.7 Å². The molecule has 0 saturated heterocycles. The van der Waals surface area contributed by atoms with Crippen molar-refractivity contribution in [3.63, 3.8) is 0 Å². The minimum atomic E-state index is -0.934. The molecule has 4 heteroatoms. The summed E-state index contributed by atoms with van der Waals surface area (Å²) in [7, 11) is 0. The highest BCUT2D eigenvalue weighted by Gasteiger charge is 2.27. The largest absolute Gasteiger partial charge is 0.490 e. The van der Waals surface area contributed by atoms with E-state index in [9.17, 15) is 4.79 Å². The maximum atomic E-state index is 11.0. The molecule has 0 spiro atoms. The molecule has 3 nitrogen and oxygen atoms in total. The van der Waals surface area contributed by atoms with Crippen LogP contribution in [0.2, 0.25) is 0 Å². The van der Waals surface area contributed by atoms with Crippen molar-refractivity contribution in [3.05, 3.63) is 28.2 Å². The van der Waals surface area contributed by atoms with Crippen LogP contribution in [0.3, 0.4) is 0 Å². The first kappa shape index (κ1) is 14.4. The lowest BCUT2D eigenvalue weighted by Crippen LogP contribution is -2.28. The lowest BCUT2D eigenvalue weighted by Gasteiger charge is -2.34. The molecule has 0 radical (unpaired) electrons. The summed E-state index contributed by atoms with van der Waals surface area (Å²) in [6.07, 6.45) is 4.56. The van der Waals surface area contributed by atoms with Gasteiger partial charge in [-0.05, 0) is 49.3 Å². The number of carbonyl (C=O) groups is 1. The Morgan fingerprint density at radius 2 is 1.95 bits per heavy atom. The van der Waals surface area contributed by atoms with E-state index in [0.29, 0.717) is 11.2 Å². The third-order valence-corrected chi connectivity index (χ3v) is 4.17. The van der Waals surface area contributed by atoms with Gasteiger partial charge in [0, 0.05) is 4.47 Å². The van der Waals surface area contributed by atoms with Crippen molar-refractivity contribution in [2.24, 2.45) is 5.41 Å². The van der Waals surface area contributed by atoms with Gasteiger partial charge in [-0.25, -0.2) is 4.79 Å². The molecule has 2 rings (SSSR count). The van der Waals surface area contributed by atoms with Gasteiger partial charge in [0.25, 0.3) is 0 Å². The average Bonchev–Trinajstić information content (AvgIpc) is 2.31. The van der Waals surface area contributed by atoms with E-state index >= 15 is 0 Å². The fraction of sp³-hybridized carbons (Fsp3) is 0.533. The Morgan fingerprint density at radius 1 is 1.32 bits per heavy atom. The molecule has 0 atom stereocenters. The molecule has 1 aromatic carbocycles. The smallest absolute Gasteiger partial charge is 0.335 e. The highest BCUT2D eigenvalue weighted by molar-refractivity contribution is 9.10. The van der Waals surface area contributed by atoms with E-state index < -0.39 is 5.97 Å².